The number of benzene rings is 1. The Labute approximate surface area is 106 Å². The molecule has 1 rings (SSSR count). The van der Waals surface area contributed by atoms with Crippen molar-refractivity contribution < 1.29 is 4.79 Å². The summed E-state index contributed by atoms with van der Waals surface area (Å²) in [6.07, 6.45) is 0.993. The SMILES string of the molecule is CCCN(CC)C(=O)c1cc(Br)ccc1C. The van der Waals surface area contributed by atoms with Crippen molar-refractivity contribution in [1.29, 1.82) is 0 Å². The molecule has 1 aromatic carbocycles. The molecule has 0 spiro atoms. The minimum atomic E-state index is 0.128. The van der Waals surface area contributed by atoms with Gasteiger partial charge in [-0.15, -0.1) is 0 Å². The van der Waals surface area contributed by atoms with Crippen molar-refractivity contribution in [2.24, 2.45) is 0 Å². The van der Waals surface area contributed by atoms with Crippen LogP contribution in [0.4, 0.5) is 0 Å². The van der Waals surface area contributed by atoms with E-state index in [1.54, 1.807) is 0 Å². The molecule has 0 unspecified atom stereocenters. The van der Waals surface area contributed by atoms with E-state index >= 15 is 0 Å². The molecule has 0 saturated heterocycles. The molecular weight excluding hydrogens is 266 g/mol. The molecule has 88 valence electrons. The minimum absolute atomic E-state index is 0.128. The van der Waals surface area contributed by atoms with E-state index in [-0.39, 0.29) is 5.91 Å². The molecule has 0 aromatic heterocycles. The summed E-state index contributed by atoms with van der Waals surface area (Å²) >= 11 is 3.40. The molecule has 0 atom stereocenters. The number of rotatable bonds is 4. The van der Waals surface area contributed by atoms with E-state index in [1.807, 2.05) is 36.9 Å². The van der Waals surface area contributed by atoms with Crippen molar-refractivity contribution in [3.63, 3.8) is 0 Å². The molecule has 0 heterocycles. The summed E-state index contributed by atoms with van der Waals surface area (Å²) in [5, 5.41) is 0. The summed E-state index contributed by atoms with van der Waals surface area (Å²) in [6.45, 7) is 7.66. The number of carbonyl (C=O) groups is 1. The molecular formula is C13H18BrNO. The third kappa shape index (κ3) is 3.08. The Hall–Kier alpha value is -0.830. The molecule has 2 nitrogen and oxygen atoms in total. The van der Waals surface area contributed by atoms with E-state index in [2.05, 4.69) is 22.9 Å². The summed E-state index contributed by atoms with van der Waals surface area (Å²) < 4.78 is 0.953. The lowest BCUT2D eigenvalue weighted by molar-refractivity contribution is 0.0763. The van der Waals surface area contributed by atoms with Gasteiger partial charge in [-0.2, -0.15) is 0 Å². The molecule has 0 aliphatic heterocycles. The van der Waals surface area contributed by atoms with Gasteiger partial charge in [0.1, 0.15) is 0 Å². The van der Waals surface area contributed by atoms with Crippen molar-refractivity contribution >= 4 is 21.8 Å². The summed E-state index contributed by atoms with van der Waals surface area (Å²) in [5.74, 6) is 0.128. The lowest BCUT2D eigenvalue weighted by atomic mass is 10.1. The van der Waals surface area contributed by atoms with Crippen LogP contribution < -0.4 is 0 Å². The van der Waals surface area contributed by atoms with Gasteiger partial charge < -0.3 is 4.90 Å². The first kappa shape index (κ1) is 13.2. The van der Waals surface area contributed by atoms with Crippen LogP contribution in [0.15, 0.2) is 22.7 Å². The van der Waals surface area contributed by atoms with Gasteiger partial charge >= 0.3 is 0 Å². The van der Waals surface area contributed by atoms with E-state index in [9.17, 15) is 4.79 Å². The second-order valence-electron chi connectivity index (χ2n) is 3.84. The van der Waals surface area contributed by atoms with E-state index in [4.69, 9.17) is 0 Å². The standard InChI is InChI=1S/C13H18BrNO/c1-4-8-15(5-2)13(16)12-9-11(14)7-6-10(12)3/h6-7,9H,4-5,8H2,1-3H3. The first-order valence-electron chi connectivity index (χ1n) is 5.65. The quantitative estimate of drug-likeness (QED) is 0.826. The van der Waals surface area contributed by atoms with Crippen molar-refractivity contribution in [3.05, 3.63) is 33.8 Å². The van der Waals surface area contributed by atoms with Gasteiger partial charge in [0.15, 0.2) is 0 Å². The summed E-state index contributed by atoms with van der Waals surface area (Å²) in [6, 6.07) is 5.83. The molecule has 0 aliphatic carbocycles. The van der Waals surface area contributed by atoms with E-state index in [0.717, 1.165) is 35.1 Å². The Kier molecular flexibility index (Phi) is 5.00. The number of halogens is 1. The van der Waals surface area contributed by atoms with Crippen LogP contribution in [-0.4, -0.2) is 23.9 Å². The summed E-state index contributed by atoms with van der Waals surface area (Å²) in [7, 11) is 0. The molecule has 0 saturated carbocycles. The topological polar surface area (TPSA) is 20.3 Å². The normalized spacial score (nSPS) is 10.2. The smallest absolute Gasteiger partial charge is 0.254 e. The first-order chi connectivity index (χ1) is 7.60. The van der Waals surface area contributed by atoms with Gasteiger partial charge in [0.05, 0.1) is 0 Å². The fraction of sp³-hybridized carbons (Fsp3) is 0.462. The zero-order chi connectivity index (χ0) is 12.1. The molecule has 0 fully saturated rings. The Morgan fingerprint density at radius 1 is 1.38 bits per heavy atom. The van der Waals surface area contributed by atoms with Crippen LogP contribution >= 0.6 is 15.9 Å². The summed E-state index contributed by atoms with van der Waals surface area (Å²) in [5.41, 5.74) is 1.83. The van der Waals surface area contributed by atoms with Gasteiger partial charge in [-0.3, -0.25) is 4.79 Å². The Morgan fingerprint density at radius 2 is 2.06 bits per heavy atom. The highest BCUT2D eigenvalue weighted by Crippen LogP contribution is 2.17. The van der Waals surface area contributed by atoms with Crippen LogP contribution in [0.1, 0.15) is 36.2 Å². The van der Waals surface area contributed by atoms with Crippen molar-refractivity contribution in [3.8, 4) is 0 Å². The van der Waals surface area contributed by atoms with Gasteiger partial charge in [0.25, 0.3) is 5.91 Å². The number of hydrogen-bond acceptors (Lipinski definition) is 1. The van der Waals surface area contributed by atoms with Gasteiger partial charge in [-0.25, -0.2) is 0 Å². The Balaban J connectivity index is 2.98. The van der Waals surface area contributed by atoms with Crippen LogP contribution in [0.5, 0.6) is 0 Å². The highest BCUT2D eigenvalue weighted by atomic mass is 79.9. The predicted octanol–water partition coefficient (Wildman–Crippen LogP) is 3.63. The van der Waals surface area contributed by atoms with Gasteiger partial charge in [0, 0.05) is 23.1 Å². The van der Waals surface area contributed by atoms with Gasteiger partial charge in [-0.05, 0) is 38.0 Å². The number of carbonyl (C=O) groups excluding carboxylic acids is 1. The lowest BCUT2D eigenvalue weighted by Crippen LogP contribution is -2.31. The highest BCUT2D eigenvalue weighted by Gasteiger charge is 2.15. The highest BCUT2D eigenvalue weighted by molar-refractivity contribution is 9.10. The maximum absolute atomic E-state index is 12.2. The molecule has 0 bridgehead atoms. The molecule has 3 heteroatoms. The van der Waals surface area contributed by atoms with Crippen LogP contribution in [0.3, 0.4) is 0 Å². The average Bonchev–Trinajstić information content (AvgIpc) is 2.28. The first-order valence-corrected chi connectivity index (χ1v) is 6.44. The predicted molar refractivity (Wildman–Crippen MR) is 70.7 cm³/mol. The fourth-order valence-electron chi connectivity index (χ4n) is 1.67. The third-order valence-electron chi connectivity index (χ3n) is 2.59. The van der Waals surface area contributed by atoms with Crippen LogP contribution in [0, 0.1) is 6.92 Å². The van der Waals surface area contributed by atoms with E-state index in [0.29, 0.717) is 0 Å². The number of hydrogen-bond donors (Lipinski definition) is 0. The fourth-order valence-corrected chi connectivity index (χ4v) is 2.03. The third-order valence-corrected chi connectivity index (χ3v) is 3.09. The molecule has 1 aromatic rings. The van der Waals surface area contributed by atoms with Crippen molar-refractivity contribution in [2.75, 3.05) is 13.1 Å². The largest absolute Gasteiger partial charge is 0.339 e. The minimum Gasteiger partial charge on any atom is -0.339 e. The zero-order valence-corrected chi connectivity index (χ0v) is 11.7. The van der Waals surface area contributed by atoms with Crippen LogP contribution in [0.25, 0.3) is 0 Å². The number of amides is 1. The van der Waals surface area contributed by atoms with Gasteiger partial charge in [0.2, 0.25) is 0 Å². The van der Waals surface area contributed by atoms with Crippen molar-refractivity contribution in [2.45, 2.75) is 27.2 Å². The number of aryl methyl sites for hydroxylation is 1. The Morgan fingerprint density at radius 3 is 2.62 bits per heavy atom. The second-order valence-corrected chi connectivity index (χ2v) is 4.76. The second kappa shape index (κ2) is 6.04. The zero-order valence-electron chi connectivity index (χ0n) is 10.1. The molecule has 1 amide bonds. The van der Waals surface area contributed by atoms with Gasteiger partial charge in [-0.1, -0.05) is 28.9 Å². The average molecular weight is 284 g/mol. The number of nitrogens with zero attached hydrogens (tertiary/aromatic N) is 1. The van der Waals surface area contributed by atoms with E-state index < -0.39 is 0 Å². The van der Waals surface area contributed by atoms with Crippen LogP contribution in [-0.2, 0) is 0 Å². The monoisotopic (exact) mass is 283 g/mol. The van der Waals surface area contributed by atoms with E-state index in [1.165, 1.54) is 0 Å². The summed E-state index contributed by atoms with van der Waals surface area (Å²) in [4.78, 5) is 14.1. The molecule has 0 aliphatic rings. The lowest BCUT2D eigenvalue weighted by Gasteiger charge is -2.21. The molecule has 0 radical (unpaired) electrons. The van der Waals surface area contributed by atoms with Crippen molar-refractivity contribution in [1.82, 2.24) is 4.90 Å². The maximum Gasteiger partial charge on any atom is 0.254 e. The van der Waals surface area contributed by atoms with Crippen LogP contribution in [0.2, 0.25) is 0 Å². The Bertz CT molecular complexity index is 376. The molecule has 0 N–H and O–H groups in total. The maximum atomic E-state index is 12.2. The molecule has 16 heavy (non-hydrogen) atoms.